The smallest absolute Gasteiger partial charge is 0.252 e. The van der Waals surface area contributed by atoms with Gasteiger partial charge >= 0.3 is 0 Å². The van der Waals surface area contributed by atoms with E-state index in [4.69, 9.17) is 0 Å². The molecular formula is C28H37N7O6P+. The fourth-order valence-electron chi connectivity index (χ4n) is 4.13. The fourth-order valence-corrected chi connectivity index (χ4v) is 5.85. The summed E-state index contributed by atoms with van der Waals surface area (Å²) in [5.74, 6) is -3.45. The Kier molecular flexibility index (Phi) is 12.4. The summed E-state index contributed by atoms with van der Waals surface area (Å²) in [7, 11) is -0.961. The Balaban J connectivity index is 1.92. The average Bonchev–Trinajstić information content (AvgIpc) is 2.99. The lowest BCUT2D eigenvalue weighted by Gasteiger charge is -2.21. The SMILES string of the molecule is CP(c1ccccc1)c1ccc2cc1C(=O)NCC(=O)NCC(=O)NCC(=O)NCC(=O)N[C@@H](CCCC[NH3+])C(=O)N2. The van der Waals surface area contributed by atoms with E-state index in [9.17, 15) is 28.8 Å². The van der Waals surface area contributed by atoms with Crippen LogP contribution in [0.4, 0.5) is 5.69 Å². The molecule has 1 aliphatic rings. The quantitative estimate of drug-likeness (QED) is 0.144. The van der Waals surface area contributed by atoms with Gasteiger partial charge in [-0.25, -0.2) is 0 Å². The first-order chi connectivity index (χ1) is 20.2. The van der Waals surface area contributed by atoms with Crippen LogP contribution in [-0.2, 0) is 24.0 Å². The van der Waals surface area contributed by atoms with Gasteiger partial charge < -0.3 is 37.6 Å². The summed E-state index contributed by atoms with van der Waals surface area (Å²) < 4.78 is 0. The number of fused-ring (bicyclic) bond motifs is 2. The highest BCUT2D eigenvalue weighted by Crippen LogP contribution is 2.31. The zero-order valence-electron chi connectivity index (χ0n) is 23.5. The minimum absolute atomic E-state index is 0.283. The van der Waals surface area contributed by atoms with Crippen LogP contribution < -0.4 is 48.2 Å². The monoisotopic (exact) mass is 598 g/mol. The van der Waals surface area contributed by atoms with Gasteiger partial charge in [0.05, 0.1) is 32.7 Å². The van der Waals surface area contributed by atoms with Crippen molar-refractivity contribution >= 4 is 59.7 Å². The molecule has 0 spiro atoms. The lowest BCUT2D eigenvalue weighted by molar-refractivity contribution is -0.368. The second-order valence-corrected chi connectivity index (χ2v) is 11.7. The normalized spacial score (nSPS) is 18.4. The third-order valence-corrected chi connectivity index (χ3v) is 8.59. The molecule has 1 heterocycles. The molecule has 0 aliphatic carbocycles. The third-order valence-electron chi connectivity index (χ3n) is 6.41. The molecule has 42 heavy (non-hydrogen) atoms. The van der Waals surface area contributed by atoms with E-state index in [1.54, 1.807) is 18.2 Å². The number of nitrogens with one attached hydrogen (secondary N) is 6. The first-order valence-corrected chi connectivity index (χ1v) is 15.4. The predicted molar refractivity (Wildman–Crippen MR) is 159 cm³/mol. The third kappa shape index (κ3) is 9.93. The summed E-state index contributed by atoms with van der Waals surface area (Å²) in [5.41, 5.74) is 4.43. The van der Waals surface area contributed by atoms with E-state index in [1.807, 2.05) is 37.0 Å². The van der Waals surface area contributed by atoms with Crippen molar-refractivity contribution in [1.29, 1.82) is 0 Å². The number of unbranched alkanes of at least 4 members (excludes halogenated alkanes) is 1. The van der Waals surface area contributed by atoms with Crippen LogP contribution >= 0.6 is 7.92 Å². The van der Waals surface area contributed by atoms with Crippen LogP contribution in [0.2, 0.25) is 0 Å². The van der Waals surface area contributed by atoms with E-state index in [2.05, 4.69) is 37.6 Å². The lowest BCUT2D eigenvalue weighted by atomic mass is 10.1. The van der Waals surface area contributed by atoms with Crippen LogP contribution in [0.1, 0.15) is 29.6 Å². The standard InChI is InChI=1S/C28H36N7O6P/c1-42(19-7-3-2-4-8-19)22-11-10-18-13-20(22)27(40)33-16-25(38)31-14-23(36)30-15-24(37)32-17-26(39)35-21(28(41)34-18)9-5-6-12-29/h2-4,7-8,10-11,13,21H,5-6,9,12,14-17,29H2,1H3,(H,30,36)(H,31,38)(H,32,37)(H,33,40)(H,34,41)(H,35,39)/p+1/t21-,42?/m0/s1. The van der Waals surface area contributed by atoms with Crippen molar-refractivity contribution in [2.75, 3.05) is 44.7 Å². The second kappa shape index (κ2) is 16.2. The highest BCUT2D eigenvalue weighted by Gasteiger charge is 2.23. The second-order valence-electron chi connectivity index (χ2n) is 9.60. The van der Waals surface area contributed by atoms with E-state index in [1.165, 1.54) is 0 Å². The maximum Gasteiger partial charge on any atom is 0.252 e. The molecule has 6 amide bonds. The topological polar surface area (TPSA) is 202 Å². The molecule has 2 bridgehead atoms. The van der Waals surface area contributed by atoms with Crippen LogP contribution in [-0.4, -0.2) is 80.9 Å². The molecule has 1 unspecified atom stereocenters. The van der Waals surface area contributed by atoms with Gasteiger partial charge in [-0.2, -0.15) is 0 Å². The number of benzene rings is 2. The number of carbonyl (C=O) groups is 6. The molecule has 1 aliphatic heterocycles. The van der Waals surface area contributed by atoms with E-state index in [0.29, 0.717) is 25.1 Å². The van der Waals surface area contributed by atoms with E-state index >= 15 is 0 Å². The molecule has 224 valence electrons. The maximum atomic E-state index is 13.3. The van der Waals surface area contributed by atoms with Gasteiger partial charge in [-0.05, 0) is 56.6 Å². The van der Waals surface area contributed by atoms with Gasteiger partial charge in [0.1, 0.15) is 6.04 Å². The first kappa shape index (κ1) is 32.2. The summed E-state index contributed by atoms with van der Waals surface area (Å²) in [5, 5.41) is 16.9. The van der Waals surface area contributed by atoms with Gasteiger partial charge in [0.25, 0.3) is 5.91 Å². The molecule has 0 radical (unpaired) electrons. The minimum atomic E-state index is -0.961. The molecule has 9 N–H and O–H groups in total. The Hall–Kier alpha value is -4.35. The molecule has 0 fully saturated rings. The summed E-state index contributed by atoms with van der Waals surface area (Å²) in [6.45, 7) is 1.07. The Bertz CT molecular complexity index is 1310. The molecule has 0 saturated carbocycles. The minimum Gasteiger partial charge on any atom is -0.358 e. The average molecular weight is 599 g/mol. The molecule has 13 nitrogen and oxygen atoms in total. The van der Waals surface area contributed by atoms with Crippen molar-refractivity contribution in [3.05, 3.63) is 54.1 Å². The Morgan fingerprint density at radius 1 is 0.762 bits per heavy atom. The van der Waals surface area contributed by atoms with Crippen LogP contribution in [0.15, 0.2) is 48.5 Å². The number of rotatable bonds is 6. The van der Waals surface area contributed by atoms with Crippen molar-refractivity contribution in [1.82, 2.24) is 26.6 Å². The number of hydrogen-bond acceptors (Lipinski definition) is 6. The van der Waals surface area contributed by atoms with Crippen molar-refractivity contribution in [3.8, 4) is 0 Å². The summed E-state index contributed by atoms with van der Waals surface area (Å²) in [4.78, 5) is 75.6. The van der Waals surface area contributed by atoms with Gasteiger partial charge in [-0.3, -0.25) is 28.8 Å². The fraction of sp³-hybridized carbons (Fsp3) is 0.357. The summed E-state index contributed by atoms with van der Waals surface area (Å²) >= 11 is 0. The summed E-state index contributed by atoms with van der Waals surface area (Å²) in [6.07, 6.45) is 1.72. The molecule has 2 atom stereocenters. The molecule has 0 saturated heterocycles. The first-order valence-electron chi connectivity index (χ1n) is 13.6. The summed E-state index contributed by atoms with van der Waals surface area (Å²) in [6, 6.07) is 13.8. The van der Waals surface area contributed by atoms with E-state index in [0.717, 1.165) is 17.0 Å². The lowest BCUT2D eigenvalue weighted by Crippen LogP contribution is -2.51. The molecule has 2 aromatic rings. The number of quaternary nitrogens is 1. The molecule has 0 aromatic heterocycles. The largest absolute Gasteiger partial charge is 0.358 e. The molecule has 2 aromatic carbocycles. The Labute approximate surface area is 244 Å². The van der Waals surface area contributed by atoms with Crippen LogP contribution in [0, 0.1) is 0 Å². The van der Waals surface area contributed by atoms with Crippen molar-refractivity contribution in [2.24, 2.45) is 0 Å². The Morgan fingerprint density at radius 2 is 1.36 bits per heavy atom. The zero-order valence-corrected chi connectivity index (χ0v) is 24.4. The van der Waals surface area contributed by atoms with Crippen LogP contribution in [0.5, 0.6) is 0 Å². The number of carbonyl (C=O) groups excluding carboxylic acids is 6. The zero-order chi connectivity index (χ0) is 30.5. The van der Waals surface area contributed by atoms with Crippen molar-refractivity contribution in [3.63, 3.8) is 0 Å². The van der Waals surface area contributed by atoms with E-state index in [-0.39, 0.29) is 5.56 Å². The van der Waals surface area contributed by atoms with E-state index < -0.39 is 75.6 Å². The molecule has 3 rings (SSSR count). The highest BCUT2D eigenvalue weighted by molar-refractivity contribution is 7.72. The molecule has 14 heteroatoms. The van der Waals surface area contributed by atoms with Gasteiger partial charge in [-0.15, -0.1) is 0 Å². The number of anilines is 1. The van der Waals surface area contributed by atoms with Crippen LogP contribution in [0.25, 0.3) is 0 Å². The number of hydrogen-bond donors (Lipinski definition) is 7. The van der Waals surface area contributed by atoms with Crippen molar-refractivity contribution in [2.45, 2.75) is 25.3 Å². The van der Waals surface area contributed by atoms with Gasteiger partial charge in [0.2, 0.25) is 29.5 Å². The van der Waals surface area contributed by atoms with Crippen molar-refractivity contribution < 1.29 is 34.5 Å². The number of amides is 6. The van der Waals surface area contributed by atoms with Crippen LogP contribution in [0.3, 0.4) is 0 Å². The molecular weight excluding hydrogens is 561 g/mol. The maximum absolute atomic E-state index is 13.3. The predicted octanol–water partition coefficient (Wildman–Crippen LogP) is -2.32. The highest BCUT2D eigenvalue weighted by atomic mass is 31.1. The van der Waals surface area contributed by atoms with Gasteiger partial charge in [0.15, 0.2) is 0 Å². The van der Waals surface area contributed by atoms with Gasteiger partial charge in [-0.1, -0.05) is 36.4 Å². The Morgan fingerprint density at radius 3 is 1.98 bits per heavy atom. The van der Waals surface area contributed by atoms with Gasteiger partial charge in [0, 0.05) is 11.3 Å².